The fourth-order valence-corrected chi connectivity index (χ4v) is 15.9. The molecule has 0 saturated carbocycles. The minimum atomic E-state index is -4.03. The van der Waals surface area contributed by atoms with E-state index in [1.165, 1.54) is 6.92 Å². The quantitative estimate of drug-likeness (QED) is 0.265. The topological polar surface area (TPSA) is 54.0 Å². The summed E-state index contributed by atoms with van der Waals surface area (Å²) in [6.07, 6.45) is -0.113. The SMILES string of the molecule is C=C(C)C(=O)OC(F)(CC)[Si](O[Si](C)(C)C)(O[Si](C)(C)C)O[Si](C)(C)C. The van der Waals surface area contributed by atoms with Crippen molar-refractivity contribution in [1.82, 2.24) is 0 Å². The number of carbonyl (C=O) groups is 1. The Morgan fingerprint density at radius 2 is 1.19 bits per heavy atom. The Balaban J connectivity index is 6.50. The predicted octanol–water partition coefficient (Wildman–Crippen LogP) is 5.21. The number of ether oxygens (including phenoxy) is 1. The lowest BCUT2D eigenvalue weighted by Crippen LogP contribution is -2.72. The summed E-state index contributed by atoms with van der Waals surface area (Å²) >= 11 is 0. The summed E-state index contributed by atoms with van der Waals surface area (Å²) in [6, 6.07) is 0. The van der Waals surface area contributed by atoms with Gasteiger partial charge in [-0.25, -0.2) is 4.79 Å². The summed E-state index contributed by atoms with van der Waals surface area (Å²) in [5.41, 5.74) is -2.33. The van der Waals surface area contributed by atoms with E-state index >= 15 is 4.39 Å². The Kier molecular flexibility index (Phi) is 8.46. The van der Waals surface area contributed by atoms with E-state index in [0.717, 1.165) is 0 Å². The lowest BCUT2D eigenvalue weighted by molar-refractivity contribution is -0.170. The first-order chi connectivity index (χ1) is 11.3. The van der Waals surface area contributed by atoms with Crippen LogP contribution in [-0.2, 0) is 21.9 Å². The van der Waals surface area contributed by atoms with Gasteiger partial charge in [0, 0.05) is 12.0 Å². The van der Waals surface area contributed by atoms with Crippen molar-refractivity contribution in [2.75, 3.05) is 0 Å². The molecule has 5 nitrogen and oxygen atoms in total. The van der Waals surface area contributed by atoms with Gasteiger partial charge >= 0.3 is 20.3 Å². The molecule has 1 atom stereocenters. The van der Waals surface area contributed by atoms with Crippen molar-refractivity contribution in [1.29, 1.82) is 0 Å². The second kappa shape index (κ2) is 8.49. The van der Waals surface area contributed by atoms with Crippen LogP contribution in [0.15, 0.2) is 12.2 Å². The van der Waals surface area contributed by atoms with Gasteiger partial charge in [-0.1, -0.05) is 13.5 Å². The molecule has 0 bridgehead atoms. The highest BCUT2D eigenvalue weighted by molar-refractivity contribution is 6.91. The molecular formula is C16H37FO5Si4. The van der Waals surface area contributed by atoms with Crippen LogP contribution in [-0.4, -0.2) is 45.2 Å². The van der Waals surface area contributed by atoms with Gasteiger partial charge in [0.2, 0.25) is 0 Å². The molecule has 0 aliphatic heterocycles. The maximum absolute atomic E-state index is 16.3. The molecule has 0 heterocycles. The molecule has 1 unspecified atom stereocenters. The highest BCUT2D eigenvalue weighted by Crippen LogP contribution is 2.39. The van der Waals surface area contributed by atoms with Crippen LogP contribution in [0.2, 0.25) is 58.9 Å². The van der Waals surface area contributed by atoms with Gasteiger partial charge in [-0.15, -0.1) is 0 Å². The molecule has 0 fully saturated rings. The molecule has 26 heavy (non-hydrogen) atoms. The molecule has 0 aromatic carbocycles. The minimum Gasteiger partial charge on any atom is -0.420 e. The van der Waals surface area contributed by atoms with E-state index < -0.39 is 45.2 Å². The fourth-order valence-electron chi connectivity index (χ4n) is 2.09. The molecule has 0 aromatic heterocycles. The van der Waals surface area contributed by atoms with Gasteiger partial charge in [0.25, 0.3) is 0 Å². The van der Waals surface area contributed by atoms with Crippen LogP contribution in [0.3, 0.4) is 0 Å². The smallest absolute Gasteiger partial charge is 0.420 e. The van der Waals surface area contributed by atoms with Gasteiger partial charge in [0.05, 0.1) is 0 Å². The number of halogens is 1. The lowest BCUT2D eigenvalue weighted by Gasteiger charge is -2.47. The largest absolute Gasteiger partial charge is 0.551 e. The van der Waals surface area contributed by atoms with Crippen LogP contribution in [0.5, 0.6) is 0 Å². The number of hydrogen-bond donors (Lipinski definition) is 0. The third kappa shape index (κ3) is 8.27. The maximum Gasteiger partial charge on any atom is 0.551 e. The lowest BCUT2D eigenvalue weighted by atomic mass is 10.3. The first-order valence-corrected chi connectivity index (χ1v) is 20.9. The van der Waals surface area contributed by atoms with Crippen molar-refractivity contribution in [3.05, 3.63) is 12.2 Å². The van der Waals surface area contributed by atoms with E-state index in [9.17, 15) is 4.79 Å². The van der Waals surface area contributed by atoms with E-state index in [0.29, 0.717) is 0 Å². The zero-order chi connectivity index (χ0) is 21.2. The Labute approximate surface area is 163 Å². The number of rotatable bonds is 10. The normalized spacial score (nSPS) is 16.2. The summed E-state index contributed by atoms with van der Waals surface area (Å²) in [6.45, 7) is 24.2. The van der Waals surface area contributed by atoms with Gasteiger partial charge in [0.1, 0.15) is 0 Å². The van der Waals surface area contributed by atoms with Gasteiger partial charge < -0.3 is 17.1 Å². The molecule has 0 aliphatic rings. The number of alkyl halides is 1. The van der Waals surface area contributed by atoms with Crippen molar-refractivity contribution in [2.45, 2.75) is 84.7 Å². The van der Waals surface area contributed by atoms with Crippen LogP contribution in [0, 0.1) is 0 Å². The first-order valence-electron chi connectivity index (χ1n) is 8.94. The highest BCUT2D eigenvalue weighted by Gasteiger charge is 2.68. The zero-order valence-electron chi connectivity index (χ0n) is 18.3. The number of hydrogen-bond acceptors (Lipinski definition) is 5. The third-order valence-corrected chi connectivity index (χ3v) is 14.8. The average molecular weight is 441 g/mol. The van der Waals surface area contributed by atoms with Crippen LogP contribution in [0.1, 0.15) is 20.3 Å². The van der Waals surface area contributed by atoms with E-state index in [4.69, 9.17) is 17.1 Å². The molecule has 0 amide bonds. The Hall–Kier alpha value is -0.112. The standard InChI is InChI=1S/C16H37FO5Si4/c1-13-16(17,19-15(18)14(2)3)26(20-23(4,5)6,21-24(7,8)9)22-25(10,11)12/h2,13H2,1,3-12H3. The van der Waals surface area contributed by atoms with E-state index in [1.807, 2.05) is 58.9 Å². The fraction of sp³-hybridized carbons (Fsp3) is 0.812. The van der Waals surface area contributed by atoms with Crippen molar-refractivity contribution >= 4 is 39.7 Å². The predicted molar refractivity (Wildman–Crippen MR) is 114 cm³/mol. The minimum absolute atomic E-state index is 0.113. The summed E-state index contributed by atoms with van der Waals surface area (Å²) < 4.78 is 40.6. The summed E-state index contributed by atoms with van der Waals surface area (Å²) in [5, 5.41) is 0. The van der Waals surface area contributed by atoms with Crippen molar-refractivity contribution in [3.8, 4) is 0 Å². The molecule has 0 N–H and O–H groups in total. The van der Waals surface area contributed by atoms with Crippen molar-refractivity contribution in [2.24, 2.45) is 0 Å². The Morgan fingerprint density at radius 3 is 1.38 bits per heavy atom. The Morgan fingerprint density at radius 1 is 0.885 bits per heavy atom. The highest BCUT2D eigenvalue weighted by atomic mass is 28.5. The van der Waals surface area contributed by atoms with Crippen LogP contribution in [0.25, 0.3) is 0 Å². The van der Waals surface area contributed by atoms with E-state index in [-0.39, 0.29) is 12.0 Å². The molecule has 0 spiro atoms. The van der Waals surface area contributed by atoms with Gasteiger partial charge in [-0.05, 0) is 65.8 Å². The van der Waals surface area contributed by atoms with Crippen molar-refractivity contribution < 1.29 is 26.3 Å². The maximum atomic E-state index is 16.3. The second-order valence-electron chi connectivity index (χ2n) is 9.45. The van der Waals surface area contributed by atoms with Gasteiger partial charge in [-0.2, -0.15) is 4.39 Å². The van der Waals surface area contributed by atoms with E-state index in [1.54, 1.807) is 6.92 Å². The number of esters is 1. The Bertz CT molecular complexity index is 481. The summed E-state index contributed by atoms with van der Waals surface area (Å²) in [4.78, 5) is 12.2. The molecule has 0 radical (unpaired) electrons. The monoisotopic (exact) mass is 440 g/mol. The molecule has 10 heteroatoms. The molecule has 0 saturated heterocycles. The van der Waals surface area contributed by atoms with Crippen LogP contribution >= 0.6 is 0 Å². The third-order valence-electron chi connectivity index (χ3n) is 2.84. The van der Waals surface area contributed by atoms with Crippen LogP contribution < -0.4 is 0 Å². The number of carbonyl (C=O) groups excluding carboxylic acids is 1. The molecule has 0 aromatic rings. The second-order valence-corrected chi connectivity index (χ2v) is 26.4. The molecule has 0 rings (SSSR count). The van der Waals surface area contributed by atoms with Crippen molar-refractivity contribution in [3.63, 3.8) is 0 Å². The molecular weight excluding hydrogens is 404 g/mol. The van der Waals surface area contributed by atoms with Crippen LogP contribution in [0.4, 0.5) is 4.39 Å². The van der Waals surface area contributed by atoms with E-state index in [2.05, 4.69) is 6.58 Å². The van der Waals surface area contributed by atoms with Gasteiger partial charge in [0.15, 0.2) is 25.0 Å². The van der Waals surface area contributed by atoms with Gasteiger partial charge in [-0.3, -0.25) is 0 Å². The zero-order valence-corrected chi connectivity index (χ0v) is 22.3. The molecule has 154 valence electrons. The summed E-state index contributed by atoms with van der Waals surface area (Å²) in [7, 11) is -10.9. The molecule has 0 aliphatic carbocycles. The first kappa shape index (κ1) is 25.9. The average Bonchev–Trinajstić information content (AvgIpc) is 2.31. The summed E-state index contributed by atoms with van der Waals surface area (Å²) in [5.74, 6) is -0.802.